The van der Waals surface area contributed by atoms with Crippen LogP contribution in [-0.2, 0) is 4.79 Å². The average molecular weight is 449 g/mol. The van der Waals surface area contributed by atoms with Crippen molar-refractivity contribution in [2.75, 3.05) is 20.2 Å². The highest BCUT2D eigenvalue weighted by Crippen LogP contribution is 2.30. The second kappa shape index (κ2) is 8.58. The van der Waals surface area contributed by atoms with E-state index in [-0.39, 0.29) is 37.2 Å². The van der Waals surface area contributed by atoms with Crippen LogP contribution in [0.2, 0.25) is 5.02 Å². The number of methoxy groups -OCH3 is 1. The normalized spacial score (nSPS) is 16.9. The van der Waals surface area contributed by atoms with Crippen LogP contribution in [0.3, 0.4) is 0 Å². The van der Waals surface area contributed by atoms with Gasteiger partial charge in [-0.05, 0) is 30.3 Å². The molecule has 0 N–H and O–H groups in total. The number of hydrogen-bond donors (Lipinski definition) is 0. The first-order valence-electron chi connectivity index (χ1n) is 9.64. The molecule has 1 fully saturated rings. The number of carbonyl (C=O) groups is 2. The number of ether oxygens (including phenoxy) is 1. The van der Waals surface area contributed by atoms with Crippen LogP contribution < -0.4 is 4.74 Å². The summed E-state index contributed by atoms with van der Waals surface area (Å²) in [5.41, 5.74) is 0.755. The molecule has 7 nitrogen and oxygen atoms in total. The number of benzene rings is 1. The quantitative estimate of drug-likeness (QED) is 0.701. The van der Waals surface area contributed by atoms with Crippen LogP contribution in [0.1, 0.15) is 40.9 Å². The Balaban J connectivity index is 1.51. The van der Waals surface area contributed by atoms with Crippen LogP contribution in [0.15, 0.2) is 41.6 Å². The lowest BCUT2D eigenvalue weighted by atomic mass is 10.0. The van der Waals surface area contributed by atoms with Gasteiger partial charge in [-0.2, -0.15) is 5.10 Å². The minimum Gasteiger partial charge on any atom is -0.496 e. The van der Waals surface area contributed by atoms with Crippen LogP contribution in [-0.4, -0.2) is 58.7 Å². The first-order chi connectivity index (χ1) is 14.9. The molecule has 0 aliphatic carbocycles. The molecule has 4 rings (SSSR count). The molecule has 0 bridgehead atoms. The van der Waals surface area contributed by atoms with Crippen molar-refractivity contribution in [3.63, 3.8) is 0 Å². The summed E-state index contributed by atoms with van der Waals surface area (Å²) in [5, 5.41) is 6.41. The zero-order chi connectivity index (χ0) is 22.1. The maximum Gasteiger partial charge on any atom is 0.273 e. The summed E-state index contributed by atoms with van der Waals surface area (Å²) in [6, 6.07) is 7.41. The molecule has 0 radical (unpaired) electrons. The minimum atomic E-state index is -2.80. The second-order valence-electron chi connectivity index (χ2n) is 7.24. The van der Waals surface area contributed by atoms with Gasteiger partial charge in [0.2, 0.25) is 5.91 Å². The SMILES string of the molecule is COc1cc(Cl)ccc1C1=NN(C2CN(C(=O)c3ncccc3C(F)F)C2)C(=O)CC1. The fraction of sp³-hybridized carbons (Fsp3) is 0.333. The van der Waals surface area contributed by atoms with Gasteiger partial charge < -0.3 is 9.64 Å². The number of hydrogen-bond acceptors (Lipinski definition) is 5. The fourth-order valence-corrected chi connectivity index (χ4v) is 3.81. The molecule has 0 atom stereocenters. The Bertz CT molecular complexity index is 1060. The van der Waals surface area contributed by atoms with Gasteiger partial charge in [-0.25, -0.2) is 13.8 Å². The molecular weight excluding hydrogens is 430 g/mol. The summed E-state index contributed by atoms with van der Waals surface area (Å²) in [5.74, 6) is -0.180. The van der Waals surface area contributed by atoms with E-state index < -0.39 is 17.9 Å². The predicted octanol–water partition coefficient (Wildman–Crippen LogP) is 3.53. The van der Waals surface area contributed by atoms with Crippen LogP contribution >= 0.6 is 11.6 Å². The average Bonchev–Trinajstić information content (AvgIpc) is 2.73. The summed E-state index contributed by atoms with van der Waals surface area (Å²) >= 11 is 6.02. The maximum atomic E-state index is 13.2. The van der Waals surface area contributed by atoms with E-state index in [4.69, 9.17) is 16.3 Å². The molecule has 2 aromatic rings. The highest BCUT2D eigenvalue weighted by atomic mass is 35.5. The standard InChI is InChI=1S/C21H19ClF2N4O3/c1-31-17-9-12(22)4-5-14(17)16-6-7-18(29)28(26-16)13-10-27(11-13)21(30)19-15(20(23)24)3-2-8-25-19/h2-5,8-9,13,20H,6-7,10-11H2,1H3. The third kappa shape index (κ3) is 4.10. The zero-order valence-corrected chi connectivity index (χ0v) is 17.4. The van der Waals surface area contributed by atoms with Crippen molar-refractivity contribution in [2.24, 2.45) is 5.10 Å². The Kier molecular flexibility index (Phi) is 5.86. The number of carbonyl (C=O) groups excluding carboxylic acids is 2. The number of alkyl halides is 2. The van der Waals surface area contributed by atoms with Gasteiger partial charge >= 0.3 is 0 Å². The Labute approximate surface area is 182 Å². The molecule has 0 unspecified atom stereocenters. The summed E-state index contributed by atoms with van der Waals surface area (Å²) in [6.07, 6.45) is -0.769. The third-order valence-electron chi connectivity index (χ3n) is 5.31. The van der Waals surface area contributed by atoms with Crippen molar-refractivity contribution in [1.29, 1.82) is 0 Å². The summed E-state index contributed by atoms with van der Waals surface area (Å²) in [6.45, 7) is 0.386. The maximum absolute atomic E-state index is 13.2. The van der Waals surface area contributed by atoms with Crippen molar-refractivity contribution in [1.82, 2.24) is 14.9 Å². The van der Waals surface area contributed by atoms with E-state index in [1.165, 1.54) is 35.3 Å². The first kappa shape index (κ1) is 21.2. The lowest BCUT2D eigenvalue weighted by Gasteiger charge is -2.44. The van der Waals surface area contributed by atoms with Gasteiger partial charge in [0.15, 0.2) is 0 Å². The molecule has 0 saturated carbocycles. The number of likely N-dealkylation sites (tertiary alicyclic amines) is 1. The van der Waals surface area contributed by atoms with Crippen molar-refractivity contribution >= 4 is 29.1 Å². The minimum absolute atomic E-state index is 0.153. The van der Waals surface area contributed by atoms with Gasteiger partial charge in [-0.1, -0.05) is 11.6 Å². The van der Waals surface area contributed by atoms with Crippen molar-refractivity contribution in [3.8, 4) is 5.75 Å². The predicted molar refractivity (Wildman–Crippen MR) is 110 cm³/mol. The molecule has 10 heteroatoms. The van der Waals surface area contributed by atoms with Gasteiger partial charge in [0.05, 0.1) is 18.9 Å². The van der Waals surface area contributed by atoms with Gasteiger partial charge in [0.1, 0.15) is 11.4 Å². The number of hydrazone groups is 1. The lowest BCUT2D eigenvalue weighted by Crippen LogP contribution is -2.61. The fourth-order valence-electron chi connectivity index (χ4n) is 3.65. The molecule has 162 valence electrons. The second-order valence-corrected chi connectivity index (χ2v) is 7.67. The smallest absolute Gasteiger partial charge is 0.273 e. The summed E-state index contributed by atoms with van der Waals surface area (Å²) in [4.78, 5) is 30.3. The van der Waals surface area contributed by atoms with E-state index in [9.17, 15) is 18.4 Å². The Hall–Kier alpha value is -3.07. The number of rotatable bonds is 5. The Morgan fingerprint density at radius 1 is 1.26 bits per heavy atom. The largest absolute Gasteiger partial charge is 0.496 e. The van der Waals surface area contributed by atoms with E-state index in [2.05, 4.69) is 10.1 Å². The molecule has 2 aliphatic heterocycles. The number of pyridine rings is 1. The van der Waals surface area contributed by atoms with E-state index in [1.54, 1.807) is 18.2 Å². The molecule has 2 amide bonds. The first-order valence-corrected chi connectivity index (χ1v) is 10.0. The molecule has 31 heavy (non-hydrogen) atoms. The lowest BCUT2D eigenvalue weighted by molar-refractivity contribution is -0.137. The molecule has 1 aromatic heterocycles. The Morgan fingerprint density at radius 3 is 2.74 bits per heavy atom. The third-order valence-corrected chi connectivity index (χ3v) is 5.54. The molecule has 2 aliphatic rings. The molecule has 1 aromatic carbocycles. The van der Waals surface area contributed by atoms with E-state index >= 15 is 0 Å². The molecular formula is C21H19ClF2N4O3. The van der Waals surface area contributed by atoms with Crippen molar-refractivity contribution < 1.29 is 23.1 Å². The monoisotopic (exact) mass is 448 g/mol. The molecule has 3 heterocycles. The highest BCUT2D eigenvalue weighted by molar-refractivity contribution is 6.31. The number of nitrogens with zero attached hydrogens (tertiary/aromatic N) is 4. The van der Waals surface area contributed by atoms with Crippen molar-refractivity contribution in [3.05, 3.63) is 58.4 Å². The number of amides is 2. The van der Waals surface area contributed by atoms with Gasteiger partial charge in [-0.15, -0.1) is 0 Å². The van der Waals surface area contributed by atoms with Crippen molar-refractivity contribution in [2.45, 2.75) is 25.3 Å². The van der Waals surface area contributed by atoms with Crippen LogP contribution in [0, 0.1) is 0 Å². The highest BCUT2D eigenvalue weighted by Gasteiger charge is 2.40. The topological polar surface area (TPSA) is 75.1 Å². The van der Waals surface area contributed by atoms with Crippen LogP contribution in [0.4, 0.5) is 8.78 Å². The number of halogens is 3. The van der Waals surface area contributed by atoms with Gasteiger partial charge in [-0.3, -0.25) is 14.6 Å². The van der Waals surface area contributed by atoms with Gasteiger partial charge in [0.25, 0.3) is 12.3 Å². The Morgan fingerprint density at radius 2 is 2.03 bits per heavy atom. The van der Waals surface area contributed by atoms with Gasteiger partial charge in [0, 0.05) is 48.3 Å². The van der Waals surface area contributed by atoms with E-state index in [0.717, 1.165) is 5.56 Å². The summed E-state index contributed by atoms with van der Waals surface area (Å²) < 4.78 is 31.7. The number of aromatic nitrogens is 1. The summed E-state index contributed by atoms with van der Waals surface area (Å²) in [7, 11) is 1.53. The van der Waals surface area contributed by atoms with Crippen LogP contribution in [0.5, 0.6) is 5.75 Å². The molecule has 1 saturated heterocycles. The van der Waals surface area contributed by atoms with E-state index in [1.807, 2.05) is 0 Å². The zero-order valence-electron chi connectivity index (χ0n) is 16.6. The molecule has 0 spiro atoms. The van der Waals surface area contributed by atoms with Crippen LogP contribution in [0.25, 0.3) is 0 Å². The van der Waals surface area contributed by atoms with E-state index in [0.29, 0.717) is 22.9 Å².